The molecule has 1 aromatic carbocycles. The van der Waals surface area contributed by atoms with Crippen LogP contribution in [-0.2, 0) is 16.0 Å². The Kier molecular flexibility index (Phi) is 4.48. The number of fused-ring (bicyclic) bond motifs is 1. The highest BCUT2D eigenvalue weighted by molar-refractivity contribution is 7.99. The number of nitrogens with zero attached hydrogens (tertiary/aromatic N) is 1. The third kappa shape index (κ3) is 3.30. The summed E-state index contributed by atoms with van der Waals surface area (Å²) in [6.07, 6.45) is 2.45. The van der Waals surface area contributed by atoms with Crippen LogP contribution in [0.3, 0.4) is 0 Å². The number of nitriles is 1. The molecule has 0 atom stereocenters. The quantitative estimate of drug-likeness (QED) is 0.519. The van der Waals surface area contributed by atoms with Gasteiger partial charge in [-0.15, -0.1) is 11.8 Å². The van der Waals surface area contributed by atoms with E-state index >= 15 is 0 Å². The molecule has 0 fully saturated rings. The minimum absolute atomic E-state index is 0.0308. The topological polar surface area (TPSA) is 62.1 Å². The molecule has 4 nitrogen and oxygen atoms in total. The van der Waals surface area contributed by atoms with Gasteiger partial charge in [0, 0.05) is 22.5 Å². The van der Waals surface area contributed by atoms with Crippen LogP contribution < -0.4 is 5.32 Å². The van der Waals surface area contributed by atoms with Crippen molar-refractivity contribution in [1.82, 2.24) is 0 Å². The zero-order chi connectivity index (χ0) is 13.7. The van der Waals surface area contributed by atoms with Gasteiger partial charge in [-0.2, -0.15) is 5.26 Å². The number of anilines is 1. The first-order valence-corrected chi connectivity index (χ1v) is 7.02. The summed E-state index contributed by atoms with van der Waals surface area (Å²) in [6.45, 7) is 1.96. The van der Waals surface area contributed by atoms with Crippen molar-refractivity contribution in [3.8, 4) is 6.07 Å². The van der Waals surface area contributed by atoms with Crippen molar-refractivity contribution in [3.05, 3.63) is 35.5 Å². The van der Waals surface area contributed by atoms with Gasteiger partial charge in [0.2, 0.25) is 0 Å². The van der Waals surface area contributed by atoms with Gasteiger partial charge >= 0.3 is 5.97 Å². The molecule has 0 unspecified atom stereocenters. The molecule has 0 saturated heterocycles. The predicted molar refractivity (Wildman–Crippen MR) is 74.8 cm³/mol. The first-order valence-electron chi connectivity index (χ1n) is 6.04. The summed E-state index contributed by atoms with van der Waals surface area (Å²) in [6, 6.07) is 7.87. The van der Waals surface area contributed by atoms with Crippen LogP contribution in [0.25, 0.3) is 0 Å². The average Bonchev–Trinajstić information content (AvgIpc) is 2.87. The summed E-state index contributed by atoms with van der Waals surface area (Å²) in [5.74, 6) is 0.509. The van der Waals surface area contributed by atoms with E-state index in [-0.39, 0.29) is 12.2 Å². The molecule has 19 heavy (non-hydrogen) atoms. The highest BCUT2D eigenvalue weighted by atomic mass is 32.2. The maximum Gasteiger partial charge on any atom is 0.350 e. The van der Waals surface area contributed by atoms with Gasteiger partial charge in [-0.25, -0.2) is 4.79 Å². The molecule has 1 aliphatic rings. The van der Waals surface area contributed by atoms with E-state index in [1.54, 1.807) is 6.92 Å². The molecule has 2 rings (SSSR count). The van der Waals surface area contributed by atoms with Crippen LogP contribution in [0.2, 0.25) is 0 Å². The summed E-state index contributed by atoms with van der Waals surface area (Å²) >= 11 is 1.85. The lowest BCUT2D eigenvalue weighted by Crippen LogP contribution is -2.07. The lowest BCUT2D eigenvalue weighted by atomic mass is 10.1. The first kappa shape index (κ1) is 13.5. The molecule has 5 heteroatoms. The van der Waals surface area contributed by atoms with E-state index < -0.39 is 5.97 Å². The Morgan fingerprint density at radius 3 is 3.21 bits per heavy atom. The van der Waals surface area contributed by atoms with E-state index in [2.05, 4.69) is 11.4 Å². The number of ether oxygens (including phenoxy) is 1. The minimum atomic E-state index is -0.603. The second-order valence-electron chi connectivity index (χ2n) is 3.96. The molecule has 1 aliphatic heterocycles. The number of hydrogen-bond donors (Lipinski definition) is 1. The maximum atomic E-state index is 11.4. The molecular formula is C14H14N2O2S. The van der Waals surface area contributed by atoms with Gasteiger partial charge in [0.25, 0.3) is 0 Å². The number of hydrogen-bond acceptors (Lipinski definition) is 5. The molecule has 1 aromatic rings. The zero-order valence-electron chi connectivity index (χ0n) is 10.6. The number of carbonyl (C=O) groups excluding carboxylic acids is 1. The van der Waals surface area contributed by atoms with Crippen molar-refractivity contribution < 1.29 is 9.53 Å². The highest BCUT2D eigenvalue weighted by Crippen LogP contribution is 2.32. The van der Waals surface area contributed by atoms with Crippen molar-refractivity contribution in [3.63, 3.8) is 0 Å². The lowest BCUT2D eigenvalue weighted by Gasteiger charge is -2.05. The van der Waals surface area contributed by atoms with Crippen LogP contribution in [0.5, 0.6) is 0 Å². The summed E-state index contributed by atoms with van der Waals surface area (Å²) in [7, 11) is 0. The van der Waals surface area contributed by atoms with Crippen molar-refractivity contribution >= 4 is 23.4 Å². The molecule has 1 heterocycles. The standard InChI is InChI=1S/C14H14N2O2S/c1-2-18-14(17)11(8-15)9-16-12-3-4-13-10(7-12)5-6-19-13/h3-4,7,9,16H,2,5-6H2,1H3/b11-9-. The molecule has 0 spiro atoms. The number of rotatable bonds is 4. The number of nitrogens with one attached hydrogen (secondary N) is 1. The first-order chi connectivity index (χ1) is 9.24. The van der Waals surface area contributed by atoms with E-state index in [4.69, 9.17) is 10.00 Å². The molecule has 0 amide bonds. The fourth-order valence-corrected chi connectivity index (χ4v) is 2.83. The SMILES string of the molecule is CCOC(=O)/C(C#N)=C\Nc1ccc2c(c1)CCS2. The van der Waals surface area contributed by atoms with Crippen LogP contribution in [-0.4, -0.2) is 18.3 Å². The summed E-state index contributed by atoms with van der Waals surface area (Å²) in [5, 5.41) is 11.9. The normalized spacial score (nSPS) is 13.6. The van der Waals surface area contributed by atoms with Gasteiger partial charge in [0.1, 0.15) is 6.07 Å². The number of carbonyl (C=O) groups is 1. The average molecular weight is 274 g/mol. The molecule has 1 N–H and O–H groups in total. The van der Waals surface area contributed by atoms with Crippen LogP contribution in [0, 0.1) is 11.3 Å². The largest absolute Gasteiger partial charge is 0.462 e. The van der Waals surface area contributed by atoms with Crippen molar-refractivity contribution in [2.45, 2.75) is 18.2 Å². The molecule has 0 aliphatic carbocycles. The molecular weight excluding hydrogens is 260 g/mol. The second kappa shape index (κ2) is 6.30. The van der Waals surface area contributed by atoms with Crippen LogP contribution in [0.4, 0.5) is 5.69 Å². The van der Waals surface area contributed by atoms with Crippen molar-refractivity contribution in [2.24, 2.45) is 0 Å². The van der Waals surface area contributed by atoms with E-state index in [0.29, 0.717) is 0 Å². The van der Waals surface area contributed by atoms with E-state index in [1.807, 2.05) is 30.0 Å². The lowest BCUT2D eigenvalue weighted by molar-refractivity contribution is -0.138. The minimum Gasteiger partial charge on any atom is -0.462 e. The number of thioether (sulfide) groups is 1. The van der Waals surface area contributed by atoms with Crippen LogP contribution in [0.15, 0.2) is 34.9 Å². The fraction of sp³-hybridized carbons (Fsp3) is 0.286. The Morgan fingerprint density at radius 1 is 1.63 bits per heavy atom. The Hall–Kier alpha value is -1.93. The number of benzene rings is 1. The van der Waals surface area contributed by atoms with Crippen LogP contribution >= 0.6 is 11.8 Å². The van der Waals surface area contributed by atoms with E-state index in [1.165, 1.54) is 16.7 Å². The fourth-order valence-electron chi connectivity index (χ4n) is 1.78. The van der Waals surface area contributed by atoms with E-state index in [0.717, 1.165) is 17.9 Å². The van der Waals surface area contributed by atoms with E-state index in [9.17, 15) is 4.79 Å². The van der Waals surface area contributed by atoms with Gasteiger partial charge < -0.3 is 10.1 Å². The number of esters is 1. The molecule has 0 aromatic heterocycles. The van der Waals surface area contributed by atoms with Crippen molar-refractivity contribution in [1.29, 1.82) is 5.26 Å². The van der Waals surface area contributed by atoms with Gasteiger partial charge in [0.05, 0.1) is 6.61 Å². The van der Waals surface area contributed by atoms with Crippen molar-refractivity contribution in [2.75, 3.05) is 17.7 Å². The monoisotopic (exact) mass is 274 g/mol. The van der Waals surface area contributed by atoms with Gasteiger partial charge in [-0.1, -0.05) is 0 Å². The van der Waals surface area contributed by atoms with Gasteiger partial charge in [-0.05, 0) is 37.1 Å². The third-order valence-corrected chi connectivity index (χ3v) is 3.81. The Morgan fingerprint density at radius 2 is 2.47 bits per heavy atom. The summed E-state index contributed by atoms with van der Waals surface area (Å²) < 4.78 is 4.78. The summed E-state index contributed by atoms with van der Waals surface area (Å²) in [5.41, 5.74) is 2.15. The highest BCUT2D eigenvalue weighted by Gasteiger charge is 2.12. The molecule has 0 bridgehead atoms. The van der Waals surface area contributed by atoms with Gasteiger partial charge in [0.15, 0.2) is 5.57 Å². The Bertz CT molecular complexity index is 561. The Labute approximate surface area is 116 Å². The molecule has 98 valence electrons. The second-order valence-corrected chi connectivity index (χ2v) is 5.09. The third-order valence-electron chi connectivity index (χ3n) is 2.69. The predicted octanol–water partition coefficient (Wildman–Crippen LogP) is 2.72. The smallest absolute Gasteiger partial charge is 0.350 e. The number of aryl methyl sites for hydroxylation is 1. The maximum absolute atomic E-state index is 11.4. The van der Waals surface area contributed by atoms with Crippen LogP contribution in [0.1, 0.15) is 12.5 Å². The molecule has 0 saturated carbocycles. The summed E-state index contributed by atoms with van der Waals surface area (Å²) in [4.78, 5) is 12.7. The zero-order valence-corrected chi connectivity index (χ0v) is 11.4. The molecule has 0 radical (unpaired) electrons. The Balaban J connectivity index is 2.08. The van der Waals surface area contributed by atoms with Gasteiger partial charge in [-0.3, -0.25) is 0 Å².